The lowest BCUT2D eigenvalue weighted by Gasteiger charge is -2.35. The van der Waals surface area contributed by atoms with Crippen molar-refractivity contribution in [2.24, 2.45) is 5.41 Å². The van der Waals surface area contributed by atoms with Crippen LogP contribution in [0.2, 0.25) is 0 Å². The van der Waals surface area contributed by atoms with Gasteiger partial charge in [0.1, 0.15) is 0 Å². The topological polar surface area (TPSA) is 90.9 Å². The number of nitrogens with one attached hydrogen (secondary N) is 2. The molecule has 0 aromatic carbocycles. The monoisotopic (exact) mass is 299 g/mol. The average molecular weight is 299 g/mol. The molecule has 2 saturated heterocycles. The number of rotatable bonds is 4. The summed E-state index contributed by atoms with van der Waals surface area (Å²) in [6.45, 7) is 2.87. The van der Waals surface area contributed by atoms with Gasteiger partial charge in [0, 0.05) is 32.8 Å². The summed E-state index contributed by atoms with van der Waals surface area (Å²) in [5.74, 6) is -0.851. The number of hydrogen-bond acceptors (Lipinski definition) is 4. The van der Waals surface area contributed by atoms with Gasteiger partial charge in [-0.25, -0.2) is 4.79 Å². The molecular weight excluding hydrogens is 274 g/mol. The van der Waals surface area contributed by atoms with E-state index in [9.17, 15) is 14.7 Å². The van der Waals surface area contributed by atoms with Crippen molar-refractivity contribution in [1.82, 2.24) is 15.5 Å². The third-order valence-corrected chi connectivity index (χ3v) is 4.66. The maximum absolute atomic E-state index is 12.2. The van der Waals surface area contributed by atoms with Crippen LogP contribution >= 0.6 is 0 Å². The van der Waals surface area contributed by atoms with E-state index in [1.54, 1.807) is 11.9 Å². The van der Waals surface area contributed by atoms with Crippen LogP contribution in [0.3, 0.4) is 0 Å². The SMILES string of the molecule is CN(C(=O)NCC1(C(=O)O)CCOCC1)C1CCNCC1. The summed E-state index contributed by atoms with van der Waals surface area (Å²) in [4.78, 5) is 25.5. The number of urea groups is 1. The number of carboxylic acids is 1. The first-order chi connectivity index (χ1) is 10.1. The van der Waals surface area contributed by atoms with E-state index in [-0.39, 0.29) is 18.6 Å². The van der Waals surface area contributed by atoms with Crippen molar-refractivity contribution >= 4 is 12.0 Å². The van der Waals surface area contributed by atoms with Crippen molar-refractivity contribution in [1.29, 1.82) is 0 Å². The number of aliphatic carboxylic acids is 1. The van der Waals surface area contributed by atoms with Crippen molar-refractivity contribution in [2.75, 3.05) is 39.9 Å². The van der Waals surface area contributed by atoms with Crippen LogP contribution in [0.4, 0.5) is 4.79 Å². The summed E-state index contributed by atoms with van der Waals surface area (Å²) in [6.07, 6.45) is 2.75. The first-order valence-corrected chi connectivity index (χ1v) is 7.58. The van der Waals surface area contributed by atoms with Crippen LogP contribution in [-0.4, -0.2) is 67.9 Å². The van der Waals surface area contributed by atoms with Gasteiger partial charge in [-0.15, -0.1) is 0 Å². The van der Waals surface area contributed by atoms with Crippen molar-refractivity contribution in [3.8, 4) is 0 Å². The van der Waals surface area contributed by atoms with Crippen molar-refractivity contribution in [3.05, 3.63) is 0 Å². The Balaban J connectivity index is 1.87. The van der Waals surface area contributed by atoms with Crippen LogP contribution in [0.25, 0.3) is 0 Å². The van der Waals surface area contributed by atoms with Gasteiger partial charge in [-0.05, 0) is 38.8 Å². The van der Waals surface area contributed by atoms with Crippen molar-refractivity contribution in [3.63, 3.8) is 0 Å². The fourth-order valence-electron chi connectivity index (χ4n) is 2.96. The third-order valence-electron chi connectivity index (χ3n) is 4.66. The predicted molar refractivity (Wildman–Crippen MR) is 77.2 cm³/mol. The Bertz CT molecular complexity index is 376. The van der Waals surface area contributed by atoms with E-state index in [0.717, 1.165) is 25.9 Å². The standard InChI is InChI=1S/C14H25N3O4/c1-17(11-2-6-15-7-3-11)13(20)16-10-14(12(18)19)4-8-21-9-5-14/h11,15H,2-10H2,1H3,(H,16,20)(H,18,19). The number of carbonyl (C=O) groups is 2. The molecule has 2 fully saturated rings. The normalized spacial score (nSPS) is 22.5. The molecule has 7 nitrogen and oxygen atoms in total. The molecule has 0 saturated carbocycles. The number of hydrogen-bond donors (Lipinski definition) is 3. The molecule has 0 aromatic heterocycles. The summed E-state index contributed by atoms with van der Waals surface area (Å²) in [6, 6.07) is 0.0377. The second-order valence-corrected chi connectivity index (χ2v) is 5.95. The quantitative estimate of drug-likeness (QED) is 0.693. The van der Waals surface area contributed by atoms with Crippen LogP contribution in [0.1, 0.15) is 25.7 Å². The third kappa shape index (κ3) is 3.85. The molecule has 2 amide bonds. The first-order valence-electron chi connectivity index (χ1n) is 7.58. The van der Waals surface area contributed by atoms with Crippen molar-refractivity contribution in [2.45, 2.75) is 31.7 Å². The van der Waals surface area contributed by atoms with E-state index >= 15 is 0 Å². The molecule has 2 aliphatic heterocycles. The van der Waals surface area contributed by atoms with E-state index in [1.165, 1.54) is 0 Å². The van der Waals surface area contributed by atoms with E-state index in [1.807, 2.05) is 0 Å². The van der Waals surface area contributed by atoms with Crippen LogP contribution < -0.4 is 10.6 Å². The summed E-state index contributed by atoms with van der Waals surface area (Å²) in [5, 5.41) is 15.5. The molecule has 0 atom stereocenters. The molecule has 2 rings (SSSR count). The second-order valence-electron chi connectivity index (χ2n) is 5.95. The van der Waals surface area contributed by atoms with Gasteiger partial charge < -0.3 is 25.4 Å². The zero-order chi connectivity index (χ0) is 15.3. The highest BCUT2D eigenvalue weighted by Gasteiger charge is 2.40. The molecule has 0 spiro atoms. The molecule has 0 unspecified atom stereocenters. The smallest absolute Gasteiger partial charge is 0.317 e. The van der Waals surface area contributed by atoms with Crippen molar-refractivity contribution < 1.29 is 19.4 Å². The molecule has 0 aliphatic carbocycles. The zero-order valence-electron chi connectivity index (χ0n) is 12.6. The minimum absolute atomic E-state index is 0.167. The minimum atomic E-state index is -0.886. The second kappa shape index (κ2) is 7.09. The van der Waals surface area contributed by atoms with Crippen LogP contribution in [0, 0.1) is 5.41 Å². The molecule has 3 N–H and O–H groups in total. The van der Waals surface area contributed by atoms with Gasteiger partial charge in [-0.2, -0.15) is 0 Å². The number of amides is 2. The van der Waals surface area contributed by atoms with Crippen LogP contribution in [0.5, 0.6) is 0 Å². The van der Waals surface area contributed by atoms with Gasteiger partial charge in [-0.1, -0.05) is 0 Å². The van der Waals surface area contributed by atoms with Gasteiger partial charge in [0.25, 0.3) is 0 Å². The Morgan fingerprint density at radius 1 is 1.33 bits per heavy atom. The molecule has 2 aliphatic rings. The zero-order valence-corrected chi connectivity index (χ0v) is 12.6. The van der Waals surface area contributed by atoms with Gasteiger partial charge in [0.2, 0.25) is 0 Å². The van der Waals surface area contributed by atoms with Gasteiger partial charge in [-0.3, -0.25) is 4.79 Å². The predicted octanol–water partition coefficient (Wildman–Crippen LogP) is 0.261. The lowest BCUT2D eigenvalue weighted by atomic mass is 9.80. The Kier molecular flexibility index (Phi) is 5.41. The average Bonchev–Trinajstić information content (AvgIpc) is 2.53. The lowest BCUT2D eigenvalue weighted by molar-refractivity contribution is -0.154. The Hall–Kier alpha value is -1.34. The number of nitrogens with zero attached hydrogens (tertiary/aromatic N) is 1. The summed E-state index contributed by atoms with van der Waals surface area (Å²) >= 11 is 0. The summed E-state index contributed by atoms with van der Waals surface area (Å²) in [7, 11) is 1.78. The van der Waals surface area contributed by atoms with E-state index in [0.29, 0.717) is 26.1 Å². The number of piperidine rings is 1. The molecule has 0 radical (unpaired) electrons. The Morgan fingerprint density at radius 3 is 2.52 bits per heavy atom. The van der Waals surface area contributed by atoms with Crippen LogP contribution in [-0.2, 0) is 9.53 Å². The maximum atomic E-state index is 12.2. The summed E-state index contributed by atoms with van der Waals surface area (Å²) in [5.41, 5.74) is -0.886. The van der Waals surface area contributed by atoms with E-state index in [4.69, 9.17) is 4.74 Å². The number of carboxylic acid groups (broad SMARTS) is 1. The molecular formula is C14H25N3O4. The fraction of sp³-hybridized carbons (Fsp3) is 0.857. The Labute approximate surface area is 125 Å². The maximum Gasteiger partial charge on any atom is 0.317 e. The fourth-order valence-corrected chi connectivity index (χ4v) is 2.96. The van der Waals surface area contributed by atoms with Gasteiger partial charge in [0.15, 0.2) is 0 Å². The van der Waals surface area contributed by atoms with E-state index in [2.05, 4.69) is 10.6 Å². The molecule has 21 heavy (non-hydrogen) atoms. The largest absolute Gasteiger partial charge is 0.481 e. The molecule has 0 bridgehead atoms. The number of carbonyl (C=O) groups excluding carboxylic acids is 1. The molecule has 0 aromatic rings. The van der Waals surface area contributed by atoms with Crippen LogP contribution in [0.15, 0.2) is 0 Å². The van der Waals surface area contributed by atoms with E-state index < -0.39 is 11.4 Å². The van der Waals surface area contributed by atoms with Gasteiger partial charge in [0.05, 0.1) is 5.41 Å². The molecule has 120 valence electrons. The first kappa shape index (κ1) is 16.0. The molecule has 7 heteroatoms. The highest BCUT2D eigenvalue weighted by molar-refractivity contribution is 5.78. The highest BCUT2D eigenvalue weighted by atomic mass is 16.5. The summed E-state index contributed by atoms with van der Waals surface area (Å²) < 4.78 is 5.23. The molecule has 2 heterocycles. The lowest BCUT2D eigenvalue weighted by Crippen LogP contribution is -2.52. The number of ether oxygens (including phenoxy) is 1. The minimum Gasteiger partial charge on any atom is -0.481 e. The Morgan fingerprint density at radius 2 is 1.95 bits per heavy atom. The van der Waals surface area contributed by atoms with Gasteiger partial charge >= 0.3 is 12.0 Å². The highest BCUT2D eigenvalue weighted by Crippen LogP contribution is 2.30.